The summed E-state index contributed by atoms with van der Waals surface area (Å²) in [6.07, 6.45) is 4.15. The maximum atomic E-state index is 5.91. The topological polar surface area (TPSA) is 26.0 Å². The first kappa shape index (κ1) is 4.80. The van der Waals surface area contributed by atoms with Crippen LogP contribution < -0.4 is 5.73 Å². The van der Waals surface area contributed by atoms with Crippen molar-refractivity contribution in [1.82, 2.24) is 0 Å². The van der Waals surface area contributed by atoms with E-state index in [1.807, 2.05) is 0 Å². The molecule has 2 rings (SSSR count). The third-order valence-corrected chi connectivity index (χ3v) is 2.97. The van der Waals surface area contributed by atoms with E-state index in [1.54, 1.807) is 0 Å². The first-order valence-corrected chi connectivity index (χ1v) is 3.49. The van der Waals surface area contributed by atoms with Gasteiger partial charge in [0.25, 0.3) is 0 Å². The van der Waals surface area contributed by atoms with E-state index in [-0.39, 0.29) is 5.54 Å². The van der Waals surface area contributed by atoms with Crippen LogP contribution in [0, 0.1) is 11.8 Å². The second kappa shape index (κ2) is 1.10. The molecule has 2 aliphatic carbocycles. The summed E-state index contributed by atoms with van der Waals surface area (Å²) in [5.74, 6) is 1.94. The first-order valence-electron chi connectivity index (χ1n) is 3.49. The molecule has 1 nitrogen and oxygen atoms in total. The smallest absolute Gasteiger partial charge is 0.0159 e. The van der Waals surface area contributed by atoms with Gasteiger partial charge in [0.15, 0.2) is 0 Å². The molecule has 0 bridgehead atoms. The number of nitrogens with two attached hydrogens (primary N) is 1. The van der Waals surface area contributed by atoms with Crippen molar-refractivity contribution in [3.8, 4) is 0 Å². The molecule has 3 atom stereocenters. The Morgan fingerprint density at radius 3 is 2.25 bits per heavy atom. The molecule has 0 heterocycles. The van der Waals surface area contributed by atoms with Crippen molar-refractivity contribution in [2.75, 3.05) is 0 Å². The summed E-state index contributed by atoms with van der Waals surface area (Å²) in [6.45, 7) is 2.19. The van der Waals surface area contributed by atoms with Gasteiger partial charge in [0.2, 0.25) is 0 Å². The molecule has 0 aromatic heterocycles. The molecule has 8 heavy (non-hydrogen) atoms. The molecule has 3 unspecified atom stereocenters. The average Bonchev–Trinajstić information content (AvgIpc) is 1.57. The number of fused-ring (bicyclic) bond motifs is 1. The van der Waals surface area contributed by atoms with Gasteiger partial charge in [0.05, 0.1) is 0 Å². The fourth-order valence-corrected chi connectivity index (χ4v) is 2.24. The van der Waals surface area contributed by atoms with E-state index < -0.39 is 0 Å². The van der Waals surface area contributed by atoms with Crippen molar-refractivity contribution in [2.24, 2.45) is 17.6 Å². The van der Waals surface area contributed by atoms with Crippen molar-refractivity contribution in [1.29, 1.82) is 0 Å². The van der Waals surface area contributed by atoms with Crippen LogP contribution in [0.5, 0.6) is 0 Å². The van der Waals surface area contributed by atoms with Gasteiger partial charge in [-0.2, -0.15) is 0 Å². The van der Waals surface area contributed by atoms with E-state index in [4.69, 9.17) is 5.73 Å². The SMILES string of the molecule is CC1(N)CC2CCC21. The molecule has 2 fully saturated rings. The first-order chi connectivity index (χ1) is 3.70. The highest BCUT2D eigenvalue weighted by molar-refractivity contribution is 5.08. The summed E-state index contributed by atoms with van der Waals surface area (Å²) in [6, 6.07) is 0. The van der Waals surface area contributed by atoms with Crippen LogP contribution in [0.4, 0.5) is 0 Å². The quantitative estimate of drug-likeness (QED) is 0.498. The zero-order chi connectivity index (χ0) is 5.78. The molecule has 0 aromatic rings. The minimum Gasteiger partial charge on any atom is -0.325 e. The van der Waals surface area contributed by atoms with Crippen molar-refractivity contribution in [3.05, 3.63) is 0 Å². The Balaban J connectivity index is 2.07. The Kier molecular flexibility index (Phi) is 0.663. The highest BCUT2D eigenvalue weighted by Crippen LogP contribution is 2.54. The van der Waals surface area contributed by atoms with Gasteiger partial charge in [-0.3, -0.25) is 0 Å². The Bertz CT molecular complexity index is 118. The predicted molar refractivity (Wildman–Crippen MR) is 33.4 cm³/mol. The van der Waals surface area contributed by atoms with Gasteiger partial charge in [-0.05, 0) is 38.0 Å². The summed E-state index contributed by atoms with van der Waals surface area (Å²) in [5.41, 5.74) is 6.15. The minimum atomic E-state index is 0.239. The Morgan fingerprint density at radius 1 is 1.50 bits per heavy atom. The van der Waals surface area contributed by atoms with Crippen LogP contribution in [-0.2, 0) is 0 Å². The lowest BCUT2D eigenvalue weighted by atomic mass is 9.50. The molecule has 2 N–H and O–H groups in total. The fourth-order valence-electron chi connectivity index (χ4n) is 2.24. The predicted octanol–water partition coefficient (Wildman–Crippen LogP) is 1.13. The van der Waals surface area contributed by atoms with Gasteiger partial charge in [0.1, 0.15) is 0 Å². The van der Waals surface area contributed by atoms with E-state index in [1.165, 1.54) is 19.3 Å². The molecule has 0 radical (unpaired) electrons. The minimum absolute atomic E-state index is 0.239. The zero-order valence-electron chi connectivity index (χ0n) is 5.35. The number of rotatable bonds is 0. The molecule has 0 spiro atoms. The molecule has 2 aliphatic rings. The summed E-state index contributed by atoms with van der Waals surface area (Å²) in [5, 5.41) is 0. The van der Waals surface area contributed by atoms with Crippen LogP contribution in [0.25, 0.3) is 0 Å². The summed E-state index contributed by atoms with van der Waals surface area (Å²) < 4.78 is 0. The summed E-state index contributed by atoms with van der Waals surface area (Å²) in [7, 11) is 0. The van der Waals surface area contributed by atoms with Gasteiger partial charge in [-0.1, -0.05) is 0 Å². The molecule has 2 saturated carbocycles. The lowest BCUT2D eigenvalue weighted by Gasteiger charge is -2.58. The normalized spacial score (nSPS) is 60.8. The Morgan fingerprint density at radius 2 is 2.25 bits per heavy atom. The maximum absolute atomic E-state index is 5.91. The van der Waals surface area contributed by atoms with Gasteiger partial charge in [-0.25, -0.2) is 0 Å². The van der Waals surface area contributed by atoms with Crippen LogP contribution in [-0.4, -0.2) is 5.54 Å². The standard InChI is InChI=1S/C7H13N/c1-7(8)4-5-2-3-6(5)7/h5-6H,2-4,8H2,1H3. The van der Waals surface area contributed by atoms with E-state index >= 15 is 0 Å². The van der Waals surface area contributed by atoms with Crippen LogP contribution in [0.15, 0.2) is 0 Å². The molecule has 0 aromatic carbocycles. The molecule has 1 heteroatoms. The molecule has 0 aliphatic heterocycles. The van der Waals surface area contributed by atoms with Crippen molar-refractivity contribution in [2.45, 2.75) is 31.7 Å². The third kappa shape index (κ3) is 0.368. The lowest BCUT2D eigenvalue weighted by Crippen LogP contribution is -2.62. The van der Waals surface area contributed by atoms with Gasteiger partial charge in [0, 0.05) is 5.54 Å². The van der Waals surface area contributed by atoms with Crippen LogP contribution >= 0.6 is 0 Å². The molecule has 0 saturated heterocycles. The molecule has 0 amide bonds. The Labute approximate surface area is 50.3 Å². The van der Waals surface area contributed by atoms with Crippen molar-refractivity contribution >= 4 is 0 Å². The van der Waals surface area contributed by atoms with Crippen molar-refractivity contribution in [3.63, 3.8) is 0 Å². The van der Waals surface area contributed by atoms with Gasteiger partial charge in [-0.15, -0.1) is 0 Å². The zero-order valence-corrected chi connectivity index (χ0v) is 5.35. The van der Waals surface area contributed by atoms with Crippen LogP contribution in [0.2, 0.25) is 0 Å². The third-order valence-electron chi connectivity index (χ3n) is 2.97. The van der Waals surface area contributed by atoms with Gasteiger partial charge >= 0.3 is 0 Å². The van der Waals surface area contributed by atoms with Crippen LogP contribution in [0.1, 0.15) is 26.2 Å². The van der Waals surface area contributed by atoms with Crippen molar-refractivity contribution < 1.29 is 0 Å². The largest absolute Gasteiger partial charge is 0.325 e. The second-order valence-corrected chi connectivity index (χ2v) is 3.65. The number of hydrogen-bond acceptors (Lipinski definition) is 1. The summed E-state index contributed by atoms with van der Waals surface area (Å²) >= 11 is 0. The van der Waals surface area contributed by atoms with E-state index in [9.17, 15) is 0 Å². The molecular formula is C7H13N. The highest BCUT2D eigenvalue weighted by Gasteiger charge is 2.52. The Hall–Kier alpha value is -0.0400. The van der Waals surface area contributed by atoms with E-state index in [2.05, 4.69) is 6.92 Å². The summed E-state index contributed by atoms with van der Waals surface area (Å²) in [4.78, 5) is 0. The highest BCUT2D eigenvalue weighted by atomic mass is 14.8. The lowest BCUT2D eigenvalue weighted by molar-refractivity contribution is -0.0383. The number of hydrogen-bond donors (Lipinski definition) is 1. The van der Waals surface area contributed by atoms with Gasteiger partial charge < -0.3 is 5.73 Å². The monoisotopic (exact) mass is 111 g/mol. The van der Waals surface area contributed by atoms with E-state index in [0.29, 0.717) is 0 Å². The maximum Gasteiger partial charge on any atom is 0.0159 e. The average molecular weight is 111 g/mol. The fraction of sp³-hybridized carbons (Fsp3) is 1.00. The molecular weight excluding hydrogens is 98.1 g/mol. The molecule has 46 valence electrons. The second-order valence-electron chi connectivity index (χ2n) is 3.65. The van der Waals surface area contributed by atoms with E-state index in [0.717, 1.165) is 11.8 Å². The van der Waals surface area contributed by atoms with Crippen LogP contribution in [0.3, 0.4) is 0 Å².